The number of carbonyl (C=O) groups excluding carboxylic acids is 2. The molecular formula is C24H27N3O6S2. The molecule has 2 aromatic carbocycles. The minimum Gasteiger partial charge on any atom is -0.497 e. The largest absolute Gasteiger partial charge is 0.497 e. The standard InChI is InChI=1S/C24H27N3O6S2/c1-4-33-22(28)15-26-19-12-9-17(32-3)14-21(19)34-24(26)25-23(29)20-6-5-13-27(20)35(30,31)18-10-7-16(2)8-11-18/h7-12,14,20H,4-6,13,15H2,1-3H3. The number of aryl methyl sites for hydroxylation is 1. The molecule has 1 unspecified atom stereocenters. The third-order valence-electron chi connectivity index (χ3n) is 5.80. The fraction of sp³-hybridized carbons (Fsp3) is 0.375. The predicted molar refractivity (Wildman–Crippen MR) is 132 cm³/mol. The van der Waals surface area contributed by atoms with E-state index in [4.69, 9.17) is 9.47 Å². The highest BCUT2D eigenvalue weighted by Crippen LogP contribution is 2.28. The van der Waals surface area contributed by atoms with Gasteiger partial charge in [0.25, 0.3) is 5.91 Å². The SMILES string of the molecule is CCOC(=O)Cn1c(=NC(=O)C2CCCN2S(=O)(=O)c2ccc(C)cc2)sc2cc(OC)ccc21. The fourth-order valence-electron chi connectivity index (χ4n) is 4.04. The number of hydrogen-bond acceptors (Lipinski definition) is 7. The zero-order valence-electron chi connectivity index (χ0n) is 19.8. The molecule has 4 rings (SSSR count). The summed E-state index contributed by atoms with van der Waals surface area (Å²) in [6.07, 6.45) is 0.938. The maximum absolute atomic E-state index is 13.3. The predicted octanol–water partition coefficient (Wildman–Crippen LogP) is 2.86. The first-order valence-electron chi connectivity index (χ1n) is 11.2. The molecule has 186 valence electrons. The Bertz CT molecular complexity index is 1420. The number of carbonyl (C=O) groups is 2. The summed E-state index contributed by atoms with van der Waals surface area (Å²) in [5.41, 5.74) is 1.64. The third-order valence-corrected chi connectivity index (χ3v) is 8.77. The van der Waals surface area contributed by atoms with E-state index in [1.165, 1.54) is 15.6 Å². The molecule has 1 aliphatic heterocycles. The summed E-state index contributed by atoms with van der Waals surface area (Å²) >= 11 is 1.23. The monoisotopic (exact) mass is 517 g/mol. The van der Waals surface area contributed by atoms with Crippen LogP contribution in [0.25, 0.3) is 10.2 Å². The number of aromatic nitrogens is 1. The number of rotatable bonds is 7. The van der Waals surface area contributed by atoms with Crippen LogP contribution in [-0.4, -0.2) is 55.5 Å². The average Bonchev–Trinajstić information content (AvgIpc) is 3.45. The number of benzene rings is 2. The first kappa shape index (κ1) is 25.1. The number of ether oxygens (including phenoxy) is 2. The first-order valence-corrected chi connectivity index (χ1v) is 13.5. The van der Waals surface area contributed by atoms with Gasteiger partial charge in [0.15, 0.2) is 4.80 Å². The summed E-state index contributed by atoms with van der Waals surface area (Å²) in [6.45, 7) is 3.95. The van der Waals surface area contributed by atoms with E-state index in [1.54, 1.807) is 61.1 Å². The lowest BCUT2D eigenvalue weighted by Crippen LogP contribution is -2.40. The normalized spacial score (nSPS) is 17.1. The minimum atomic E-state index is -3.85. The molecule has 0 N–H and O–H groups in total. The second-order valence-electron chi connectivity index (χ2n) is 8.15. The van der Waals surface area contributed by atoms with Crippen molar-refractivity contribution in [2.24, 2.45) is 4.99 Å². The van der Waals surface area contributed by atoms with Crippen LogP contribution in [0.15, 0.2) is 52.4 Å². The Hall–Kier alpha value is -3.02. The molecule has 1 aromatic heterocycles. The van der Waals surface area contributed by atoms with Crippen molar-refractivity contribution < 1.29 is 27.5 Å². The molecule has 35 heavy (non-hydrogen) atoms. The zero-order chi connectivity index (χ0) is 25.2. The number of thiazole rings is 1. The van der Waals surface area contributed by atoms with Crippen molar-refractivity contribution in [3.63, 3.8) is 0 Å². The minimum absolute atomic E-state index is 0.123. The number of esters is 1. The number of fused-ring (bicyclic) bond motifs is 1. The van der Waals surface area contributed by atoms with Crippen LogP contribution in [-0.2, 0) is 30.9 Å². The topological polar surface area (TPSA) is 107 Å². The Morgan fingerprint density at radius 2 is 1.91 bits per heavy atom. The van der Waals surface area contributed by atoms with E-state index in [0.717, 1.165) is 10.3 Å². The maximum Gasteiger partial charge on any atom is 0.326 e. The van der Waals surface area contributed by atoms with Gasteiger partial charge >= 0.3 is 5.97 Å². The molecule has 1 amide bonds. The number of nitrogens with zero attached hydrogens (tertiary/aromatic N) is 3. The van der Waals surface area contributed by atoms with Gasteiger partial charge in [0.1, 0.15) is 18.3 Å². The van der Waals surface area contributed by atoms with Gasteiger partial charge in [-0.1, -0.05) is 29.0 Å². The van der Waals surface area contributed by atoms with Crippen molar-refractivity contribution in [2.45, 2.75) is 44.2 Å². The van der Waals surface area contributed by atoms with E-state index in [2.05, 4.69) is 4.99 Å². The Balaban J connectivity index is 1.73. The Labute approximate surface area is 207 Å². The third kappa shape index (κ3) is 5.16. The smallest absolute Gasteiger partial charge is 0.326 e. The molecule has 0 bridgehead atoms. The van der Waals surface area contributed by atoms with Crippen LogP contribution < -0.4 is 9.54 Å². The molecule has 2 heterocycles. The molecule has 1 atom stereocenters. The van der Waals surface area contributed by atoms with Gasteiger partial charge in [-0.05, 0) is 57.0 Å². The molecule has 0 aliphatic carbocycles. The van der Waals surface area contributed by atoms with Crippen LogP contribution in [0, 0.1) is 6.92 Å². The van der Waals surface area contributed by atoms with Gasteiger partial charge in [0.05, 0.1) is 28.8 Å². The number of amides is 1. The summed E-state index contributed by atoms with van der Waals surface area (Å²) in [4.78, 5) is 30.3. The van der Waals surface area contributed by atoms with Crippen molar-refractivity contribution in [1.82, 2.24) is 8.87 Å². The summed E-state index contributed by atoms with van der Waals surface area (Å²) < 4.78 is 40.5. The van der Waals surface area contributed by atoms with E-state index in [9.17, 15) is 18.0 Å². The van der Waals surface area contributed by atoms with Crippen molar-refractivity contribution in [3.8, 4) is 5.75 Å². The molecule has 3 aromatic rings. The lowest BCUT2D eigenvalue weighted by molar-refractivity contribution is -0.143. The van der Waals surface area contributed by atoms with Crippen LogP contribution in [0.1, 0.15) is 25.3 Å². The van der Waals surface area contributed by atoms with Crippen LogP contribution >= 0.6 is 11.3 Å². The van der Waals surface area contributed by atoms with Crippen molar-refractivity contribution in [1.29, 1.82) is 0 Å². The fourth-order valence-corrected chi connectivity index (χ4v) is 6.76. The number of methoxy groups -OCH3 is 1. The number of hydrogen-bond donors (Lipinski definition) is 0. The van der Waals surface area contributed by atoms with E-state index in [1.807, 2.05) is 6.92 Å². The highest BCUT2D eigenvalue weighted by molar-refractivity contribution is 7.89. The molecular weight excluding hydrogens is 490 g/mol. The van der Waals surface area contributed by atoms with Crippen LogP contribution in [0.3, 0.4) is 0 Å². The Morgan fingerprint density at radius 1 is 1.17 bits per heavy atom. The summed E-state index contributed by atoms with van der Waals surface area (Å²) in [7, 11) is -2.30. The summed E-state index contributed by atoms with van der Waals surface area (Å²) in [5, 5.41) is 0. The molecule has 1 fully saturated rings. The zero-order valence-corrected chi connectivity index (χ0v) is 21.4. The molecule has 11 heteroatoms. The van der Waals surface area contributed by atoms with Gasteiger partial charge in [-0.15, -0.1) is 0 Å². The quantitative estimate of drug-likeness (QED) is 0.446. The van der Waals surface area contributed by atoms with Crippen LogP contribution in [0.4, 0.5) is 0 Å². The van der Waals surface area contributed by atoms with Crippen LogP contribution in [0.2, 0.25) is 0 Å². The summed E-state index contributed by atoms with van der Waals surface area (Å²) in [6, 6.07) is 11.0. The molecule has 0 saturated carbocycles. The van der Waals surface area contributed by atoms with Gasteiger partial charge in [-0.25, -0.2) is 8.42 Å². The van der Waals surface area contributed by atoms with Gasteiger partial charge in [0.2, 0.25) is 10.0 Å². The second-order valence-corrected chi connectivity index (χ2v) is 11.0. The van der Waals surface area contributed by atoms with E-state index >= 15 is 0 Å². The van der Waals surface area contributed by atoms with Gasteiger partial charge in [0, 0.05) is 6.54 Å². The van der Waals surface area contributed by atoms with Crippen molar-refractivity contribution in [3.05, 3.63) is 52.8 Å². The molecule has 1 aliphatic rings. The van der Waals surface area contributed by atoms with E-state index in [0.29, 0.717) is 28.9 Å². The van der Waals surface area contributed by atoms with E-state index in [-0.39, 0.29) is 24.6 Å². The average molecular weight is 518 g/mol. The lowest BCUT2D eigenvalue weighted by atomic mass is 10.2. The number of sulfonamides is 1. The first-order chi connectivity index (χ1) is 16.7. The molecule has 1 saturated heterocycles. The Kier molecular flexibility index (Phi) is 7.39. The van der Waals surface area contributed by atoms with Gasteiger partial charge < -0.3 is 14.0 Å². The van der Waals surface area contributed by atoms with E-state index < -0.39 is 27.9 Å². The maximum atomic E-state index is 13.3. The van der Waals surface area contributed by atoms with Crippen molar-refractivity contribution in [2.75, 3.05) is 20.3 Å². The lowest BCUT2D eigenvalue weighted by Gasteiger charge is -2.21. The van der Waals surface area contributed by atoms with Crippen LogP contribution in [0.5, 0.6) is 5.75 Å². The molecule has 0 spiro atoms. The van der Waals surface area contributed by atoms with Gasteiger partial charge in [-0.2, -0.15) is 9.30 Å². The van der Waals surface area contributed by atoms with Gasteiger partial charge in [-0.3, -0.25) is 9.59 Å². The Morgan fingerprint density at radius 3 is 2.60 bits per heavy atom. The van der Waals surface area contributed by atoms with Crippen molar-refractivity contribution >= 4 is 43.5 Å². The highest BCUT2D eigenvalue weighted by Gasteiger charge is 2.39. The molecule has 0 radical (unpaired) electrons. The second kappa shape index (κ2) is 10.3. The highest BCUT2D eigenvalue weighted by atomic mass is 32.2. The molecule has 9 nitrogen and oxygen atoms in total. The summed E-state index contributed by atoms with van der Waals surface area (Å²) in [5.74, 6) is -0.387.